The molecular formula is C21H20ClN3O3. The molecule has 1 aromatic heterocycles. The molecule has 1 N–H and O–H groups in total. The Morgan fingerprint density at radius 3 is 2.64 bits per heavy atom. The van der Waals surface area contributed by atoms with Crippen LogP contribution in [0.2, 0.25) is 5.02 Å². The standard InChI is InChI=1S/C21H20ClN3O3/c1-4-25(3)21(27)14-8-7-9-15(12-14)23-20(26)18-13(2)28-24-19(18)16-10-5-6-11-17(16)22/h5-12H,4H2,1-3H3,(H,23,26). The van der Waals surface area contributed by atoms with Crippen LogP contribution in [0.25, 0.3) is 11.3 Å². The predicted octanol–water partition coefficient (Wildman–Crippen LogP) is 4.65. The van der Waals surface area contributed by atoms with Gasteiger partial charge in [0.25, 0.3) is 11.8 Å². The van der Waals surface area contributed by atoms with Crippen LogP contribution in [0.4, 0.5) is 5.69 Å². The van der Waals surface area contributed by atoms with Crippen molar-refractivity contribution in [3.8, 4) is 11.3 Å². The number of carbonyl (C=O) groups is 2. The first-order valence-corrected chi connectivity index (χ1v) is 9.18. The van der Waals surface area contributed by atoms with Crippen molar-refractivity contribution in [2.75, 3.05) is 18.9 Å². The fraction of sp³-hybridized carbons (Fsp3) is 0.190. The molecule has 0 radical (unpaired) electrons. The third-order valence-electron chi connectivity index (χ3n) is 4.41. The Labute approximate surface area is 168 Å². The monoisotopic (exact) mass is 397 g/mol. The van der Waals surface area contributed by atoms with Crippen molar-refractivity contribution < 1.29 is 14.1 Å². The van der Waals surface area contributed by atoms with Gasteiger partial charge < -0.3 is 14.7 Å². The van der Waals surface area contributed by atoms with E-state index < -0.39 is 0 Å². The summed E-state index contributed by atoms with van der Waals surface area (Å²) >= 11 is 6.25. The molecular weight excluding hydrogens is 378 g/mol. The van der Waals surface area contributed by atoms with Crippen LogP contribution < -0.4 is 5.32 Å². The molecule has 28 heavy (non-hydrogen) atoms. The minimum Gasteiger partial charge on any atom is -0.360 e. The highest BCUT2D eigenvalue weighted by Crippen LogP contribution is 2.31. The van der Waals surface area contributed by atoms with E-state index in [4.69, 9.17) is 16.1 Å². The molecule has 144 valence electrons. The van der Waals surface area contributed by atoms with E-state index in [2.05, 4.69) is 10.5 Å². The number of halogens is 1. The van der Waals surface area contributed by atoms with E-state index in [1.165, 1.54) is 0 Å². The van der Waals surface area contributed by atoms with Gasteiger partial charge in [0.2, 0.25) is 0 Å². The quantitative estimate of drug-likeness (QED) is 0.680. The molecule has 0 bridgehead atoms. The largest absolute Gasteiger partial charge is 0.360 e. The molecule has 0 aliphatic heterocycles. The van der Waals surface area contributed by atoms with Crippen molar-refractivity contribution in [2.24, 2.45) is 0 Å². The van der Waals surface area contributed by atoms with Gasteiger partial charge in [-0.05, 0) is 38.1 Å². The van der Waals surface area contributed by atoms with Crippen LogP contribution in [-0.2, 0) is 0 Å². The fourth-order valence-corrected chi connectivity index (χ4v) is 2.99. The Morgan fingerprint density at radius 2 is 1.93 bits per heavy atom. The number of benzene rings is 2. The number of hydrogen-bond donors (Lipinski definition) is 1. The van der Waals surface area contributed by atoms with Gasteiger partial charge in [-0.25, -0.2) is 0 Å². The zero-order chi connectivity index (χ0) is 20.3. The van der Waals surface area contributed by atoms with Gasteiger partial charge in [-0.3, -0.25) is 9.59 Å². The van der Waals surface area contributed by atoms with E-state index in [-0.39, 0.29) is 11.8 Å². The van der Waals surface area contributed by atoms with Gasteiger partial charge in [-0.1, -0.05) is 41.0 Å². The van der Waals surface area contributed by atoms with Gasteiger partial charge in [-0.2, -0.15) is 0 Å². The Morgan fingerprint density at radius 1 is 1.18 bits per heavy atom. The van der Waals surface area contributed by atoms with Crippen LogP contribution in [0.5, 0.6) is 0 Å². The molecule has 0 atom stereocenters. The van der Waals surface area contributed by atoms with Crippen LogP contribution in [0.3, 0.4) is 0 Å². The van der Waals surface area contributed by atoms with Crippen LogP contribution in [0, 0.1) is 6.92 Å². The SMILES string of the molecule is CCN(C)C(=O)c1cccc(NC(=O)c2c(-c3ccccc3Cl)noc2C)c1. The molecule has 0 fully saturated rings. The van der Waals surface area contributed by atoms with Gasteiger partial charge in [0.15, 0.2) is 0 Å². The van der Waals surface area contributed by atoms with Gasteiger partial charge in [0.1, 0.15) is 17.0 Å². The minimum absolute atomic E-state index is 0.114. The number of nitrogens with zero attached hydrogens (tertiary/aromatic N) is 2. The molecule has 3 rings (SSSR count). The maximum Gasteiger partial charge on any atom is 0.261 e. The van der Waals surface area contributed by atoms with Gasteiger partial charge in [0.05, 0.1) is 5.02 Å². The van der Waals surface area contributed by atoms with Crippen LogP contribution >= 0.6 is 11.6 Å². The van der Waals surface area contributed by atoms with E-state index in [0.29, 0.717) is 45.4 Å². The van der Waals surface area contributed by atoms with Crippen molar-refractivity contribution in [2.45, 2.75) is 13.8 Å². The summed E-state index contributed by atoms with van der Waals surface area (Å²) in [5.41, 5.74) is 2.29. The Bertz CT molecular complexity index is 1030. The Kier molecular flexibility index (Phi) is 5.80. The number of anilines is 1. The van der Waals surface area contributed by atoms with E-state index in [0.717, 1.165) is 0 Å². The summed E-state index contributed by atoms with van der Waals surface area (Å²) in [4.78, 5) is 26.9. The third-order valence-corrected chi connectivity index (χ3v) is 4.74. The molecule has 1 heterocycles. The summed E-state index contributed by atoms with van der Waals surface area (Å²) in [6, 6.07) is 13.9. The van der Waals surface area contributed by atoms with E-state index in [9.17, 15) is 9.59 Å². The molecule has 6 nitrogen and oxygen atoms in total. The summed E-state index contributed by atoms with van der Waals surface area (Å²) in [5, 5.41) is 7.29. The topological polar surface area (TPSA) is 75.4 Å². The van der Waals surface area contributed by atoms with E-state index in [1.807, 2.05) is 13.0 Å². The molecule has 0 aliphatic carbocycles. The predicted molar refractivity (Wildman–Crippen MR) is 109 cm³/mol. The lowest BCUT2D eigenvalue weighted by molar-refractivity contribution is 0.0802. The zero-order valence-corrected chi connectivity index (χ0v) is 16.6. The highest BCUT2D eigenvalue weighted by molar-refractivity contribution is 6.33. The van der Waals surface area contributed by atoms with Crippen LogP contribution in [0.15, 0.2) is 53.1 Å². The highest BCUT2D eigenvalue weighted by atomic mass is 35.5. The molecule has 0 saturated carbocycles. The molecule has 2 amide bonds. The molecule has 0 spiro atoms. The summed E-state index contributed by atoms with van der Waals surface area (Å²) in [6.07, 6.45) is 0. The van der Waals surface area contributed by atoms with E-state index in [1.54, 1.807) is 61.3 Å². The summed E-state index contributed by atoms with van der Waals surface area (Å²) in [7, 11) is 1.73. The average molecular weight is 398 g/mol. The van der Waals surface area contributed by atoms with E-state index >= 15 is 0 Å². The molecule has 7 heteroatoms. The summed E-state index contributed by atoms with van der Waals surface area (Å²) < 4.78 is 5.24. The number of nitrogens with one attached hydrogen (secondary N) is 1. The third kappa shape index (κ3) is 3.92. The Hall–Kier alpha value is -3.12. The number of aromatic nitrogens is 1. The maximum absolute atomic E-state index is 12.9. The molecule has 0 saturated heterocycles. The number of amides is 2. The van der Waals surface area contributed by atoms with Crippen molar-refractivity contribution in [3.05, 3.63) is 70.4 Å². The average Bonchev–Trinajstić information content (AvgIpc) is 3.08. The number of rotatable bonds is 5. The number of hydrogen-bond acceptors (Lipinski definition) is 4. The Balaban J connectivity index is 1.90. The number of carbonyl (C=O) groups excluding carboxylic acids is 2. The first-order valence-electron chi connectivity index (χ1n) is 8.80. The lowest BCUT2D eigenvalue weighted by Crippen LogP contribution is -2.26. The molecule has 3 aromatic rings. The van der Waals surface area contributed by atoms with Gasteiger partial charge in [-0.15, -0.1) is 0 Å². The highest BCUT2D eigenvalue weighted by Gasteiger charge is 2.23. The lowest BCUT2D eigenvalue weighted by Gasteiger charge is -2.15. The first kappa shape index (κ1) is 19.6. The first-order chi connectivity index (χ1) is 13.4. The summed E-state index contributed by atoms with van der Waals surface area (Å²) in [6.45, 7) is 4.16. The zero-order valence-electron chi connectivity index (χ0n) is 15.8. The van der Waals surface area contributed by atoms with Crippen molar-refractivity contribution in [1.29, 1.82) is 0 Å². The van der Waals surface area contributed by atoms with Crippen LogP contribution in [-0.4, -0.2) is 35.5 Å². The second-order valence-corrected chi connectivity index (χ2v) is 6.70. The van der Waals surface area contributed by atoms with Gasteiger partial charge in [0, 0.05) is 30.4 Å². The van der Waals surface area contributed by atoms with Crippen molar-refractivity contribution in [1.82, 2.24) is 10.1 Å². The smallest absolute Gasteiger partial charge is 0.261 e. The fourth-order valence-electron chi connectivity index (χ4n) is 2.76. The van der Waals surface area contributed by atoms with Crippen LogP contribution in [0.1, 0.15) is 33.4 Å². The van der Waals surface area contributed by atoms with Gasteiger partial charge >= 0.3 is 0 Å². The maximum atomic E-state index is 12.9. The minimum atomic E-state index is -0.387. The van der Waals surface area contributed by atoms with Crippen molar-refractivity contribution in [3.63, 3.8) is 0 Å². The normalized spacial score (nSPS) is 10.6. The summed E-state index contributed by atoms with van der Waals surface area (Å²) in [5.74, 6) is -0.121. The van der Waals surface area contributed by atoms with Crippen molar-refractivity contribution >= 4 is 29.1 Å². The lowest BCUT2D eigenvalue weighted by atomic mass is 10.1. The second kappa shape index (κ2) is 8.27. The molecule has 0 aliphatic rings. The second-order valence-electron chi connectivity index (χ2n) is 6.30. The number of aryl methyl sites for hydroxylation is 1. The molecule has 2 aromatic carbocycles. The molecule has 0 unspecified atom stereocenters.